The molecule has 0 saturated carbocycles. The van der Waals surface area contributed by atoms with E-state index in [0.29, 0.717) is 0 Å². The van der Waals surface area contributed by atoms with Crippen LogP contribution < -0.4 is 0 Å². The number of allylic oxidation sites excluding steroid dienone is 1. The molecule has 2 aromatic rings. The van der Waals surface area contributed by atoms with E-state index in [0.717, 1.165) is 38.5 Å². The number of benzene rings is 1. The second kappa shape index (κ2) is 6.43. The Morgan fingerprint density at radius 1 is 1.17 bits per heavy atom. The van der Waals surface area contributed by atoms with Crippen molar-refractivity contribution in [3.63, 3.8) is 0 Å². The fraction of sp³-hybridized carbons (Fsp3) is 0.286. The van der Waals surface area contributed by atoms with Gasteiger partial charge in [-0.1, -0.05) is 41.4 Å². The minimum Gasteiger partial charge on any atom is -0.252 e. The highest BCUT2D eigenvalue weighted by Crippen LogP contribution is 2.30. The summed E-state index contributed by atoms with van der Waals surface area (Å²) < 4.78 is 2.14. The van der Waals surface area contributed by atoms with Gasteiger partial charge in [0.2, 0.25) is 0 Å². The van der Waals surface area contributed by atoms with E-state index in [2.05, 4.69) is 48.8 Å². The van der Waals surface area contributed by atoms with Gasteiger partial charge in [0.1, 0.15) is 0 Å². The first kappa shape index (κ1) is 13.7. The van der Waals surface area contributed by atoms with Crippen LogP contribution in [0, 0.1) is 0 Å². The lowest BCUT2D eigenvalue weighted by Crippen LogP contribution is -1.90. The van der Waals surface area contributed by atoms with Crippen LogP contribution in [-0.4, -0.2) is 9.97 Å². The Hall–Kier alpha value is -0.740. The Morgan fingerprint density at radius 3 is 2.61 bits per heavy atom. The molecule has 0 radical (unpaired) electrons. The lowest BCUT2D eigenvalue weighted by atomic mass is 10.2. The summed E-state index contributed by atoms with van der Waals surface area (Å²) in [6.45, 7) is 2.18. The molecule has 4 heteroatoms. The number of halogens is 2. The molecule has 1 heterocycles. The molecule has 0 saturated heterocycles. The van der Waals surface area contributed by atoms with Crippen molar-refractivity contribution in [1.29, 1.82) is 0 Å². The van der Waals surface area contributed by atoms with Crippen LogP contribution in [0.1, 0.15) is 31.9 Å². The molecule has 0 unspecified atom stereocenters. The molecule has 1 aromatic heterocycles. The lowest BCUT2D eigenvalue weighted by molar-refractivity contribution is 0.812. The van der Waals surface area contributed by atoms with Crippen molar-refractivity contribution >= 4 is 47.4 Å². The first-order chi connectivity index (χ1) is 8.72. The number of para-hydroxylation sites is 2. The largest absolute Gasteiger partial charge is 0.252 e. The zero-order chi connectivity index (χ0) is 13.0. The van der Waals surface area contributed by atoms with Crippen LogP contribution in [0.4, 0.5) is 0 Å². The fourth-order valence-corrected chi connectivity index (χ4v) is 2.52. The third kappa shape index (κ3) is 3.18. The van der Waals surface area contributed by atoms with Crippen molar-refractivity contribution in [2.75, 3.05) is 0 Å². The van der Waals surface area contributed by atoms with E-state index < -0.39 is 0 Å². The zero-order valence-corrected chi connectivity index (χ0v) is 13.3. The summed E-state index contributed by atoms with van der Waals surface area (Å²) >= 11 is 7.21. The van der Waals surface area contributed by atoms with Gasteiger partial charge in [-0.05, 0) is 40.9 Å². The quantitative estimate of drug-likeness (QED) is 0.732. The molecule has 0 N–H and O–H groups in total. The van der Waals surface area contributed by atoms with Gasteiger partial charge in [0.25, 0.3) is 0 Å². The molecule has 1 aromatic carbocycles. The molecule has 0 aliphatic carbocycles. The van der Waals surface area contributed by atoms with E-state index in [-0.39, 0.29) is 0 Å². The average Bonchev–Trinajstić information content (AvgIpc) is 2.43. The van der Waals surface area contributed by atoms with Crippen molar-refractivity contribution in [1.82, 2.24) is 9.97 Å². The van der Waals surface area contributed by atoms with Crippen LogP contribution in [0.2, 0.25) is 0 Å². The molecule has 2 rings (SSSR count). The van der Waals surface area contributed by atoms with Gasteiger partial charge < -0.3 is 0 Å². The maximum absolute atomic E-state index is 4.61. The number of unbranched alkanes of at least 4 members (excludes halogenated alkanes) is 1. The van der Waals surface area contributed by atoms with Crippen LogP contribution in [-0.2, 0) is 0 Å². The Kier molecular flexibility index (Phi) is 4.89. The third-order valence-electron chi connectivity index (χ3n) is 2.66. The Labute approximate surface area is 124 Å². The number of nitrogens with zero attached hydrogens (tertiary/aromatic N) is 2. The predicted molar refractivity (Wildman–Crippen MR) is 83.8 cm³/mol. The summed E-state index contributed by atoms with van der Waals surface area (Å²) in [4.78, 5) is 9.02. The van der Waals surface area contributed by atoms with Gasteiger partial charge in [-0.2, -0.15) is 0 Å². The Balaban J connectivity index is 2.35. The van der Waals surface area contributed by atoms with Crippen molar-refractivity contribution in [2.45, 2.75) is 26.2 Å². The van der Waals surface area contributed by atoms with Gasteiger partial charge in [-0.25, -0.2) is 4.98 Å². The van der Waals surface area contributed by atoms with Crippen molar-refractivity contribution < 1.29 is 0 Å². The van der Waals surface area contributed by atoms with Crippen LogP contribution in [0.15, 0.2) is 34.9 Å². The fourth-order valence-electron chi connectivity index (χ4n) is 1.64. The van der Waals surface area contributed by atoms with Gasteiger partial charge in [0, 0.05) is 4.48 Å². The topological polar surface area (TPSA) is 25.8 Å². The Bertz CT molecular complexity index is 579. The minimum atomic E-state index is 0.872. The molecule has 0 aliphatic rings. The summed E-state index contributed by atoms with van der Waals surface area (Å²) in [6, 6.07) is 7.89. The summed E-state index contributed by atoms with van der Waals surface area (Å²) in [6.07, 6.45) is 5.17. The van der Waals surface area contributed by atoms with Crippen LogP contribution in [0.3, 0.4) is 0 Å². The maximum Gasteiger partial charge on any atom is 0.0970 e. The number of aromatic nitrogens is 2. The van der Waals surface area contributed by atoms with E-state index in [4.69, 9.17) is 0 Å². The molecule has 94 valence electrons. The number of hydrogen-bond donors (Lipinski definition) is 0. The third-order valence-corrected chi connectivity index (χ3v) is 4.87. The van der Waals surface area contributed by atoms with Gasteiger partial charge in [-0.3, -0.25) is 4.98 Å². The molecular formula is C14H14Br2N2. The maximum atomic E-state index is 4.61. The smallest absolute Gasteiger partial charge is 0.0970 e. The first-order valence-corrected chi connectivity index (χ1v) is 7.57. The van der Waals surface area contributed by atoms with E-state index in [9.17, 15) is 0 Å². The molecule has 0 aliphatic heterocycles. The van der Waals surface area contributed by atoms with Crippen LogP contribution in [0.25, 0.3) is 15.5 Å². The molecule has 2 nitrogen and oxygen atoms in total. The summed E-state index contributed by atoms with van der Waals surface area (Å²) in [7, 11) is 0. The zero-order valence-electron chi connectivity index (χ0n) is 10.2. The van der Waals surface area contributed by atoms with Gasteiger partial charge >= 0.3 is 0 Å². The summed E-state index contributed by atoms with van der Waals surface area (Å²) in [5, 5.41) is 0. The van der Waals surface area contributed by atoms with Crippen molar-refractivity contribution in [3.05, 3.63) is 40.6 Å². The molecule has 0 fully saturated rings. The molecule has 18 heavy (non-hydrogen) atoms. The molecule has 0 bridgehead atoms. The minimum absolute atomic E-state index is 0.872. The van der Waals surface area contributed by atoms with Gasteiger partial charge in [0.15, 0.2) is 0 Å². The normalized spacial score (nSPS) is 12.6. The highest BCUT2D eigenvalue weighted by molar-refractivity contribution is 9.16. The lowest BCUT2D eigenvalue weighted by Gasteiger charge is -2.05. The van der Waals surface area contributed by atoms with Gasteiger partial charge in [0.05, 0.1) is 27.4 Å². The summed E-state index contributed by atoms with van der Waals surface area (Å²) in [5.41, 5.74) is 2.71. The highest BCUT2D eigenvalue weighted by atomic mass is 79.9. The van der Waals surface area contributed by atoms with E-state index >= 15 is 0 Å². The molecular weight excluding hydrogens is 356 g/mol. The second-order valence-electron chi connectivity index (χ2n) is 4.07. The Morgan fingerprint density at radius 2 is 1.89 bits per heavy atom. The van der Waals surface area contributed by atoms with Gasteiger partial charge in [-0.15, -0.1) is 0 Å². The molecule has 0 amide bonds. The number of hydrogen-bond acceptors (Lipinski definition) is 2. The first-order valence-electron chi connectivity index (χ1n) is 5.98. The average molecular weight is 370 g/mol. The molecule has 0 spiro atoms. The van der Waals surface area contributed by atoms with Crippen LogP contribution in [0.5, 0.6) is 0 Å². The second-order valence-corrected chi connectivity index (χ2v) is 5.82. The number of rotatable bonds is 4. The predicted octanol–water partition coefficient (Wildman–Crippen LogP) is 5.28. The monoisotopic (exact) mass is 368 g/mol. The molecule has 0 atom stereocenters. The van der Waals surface area contributed by atoms with Crippen molar-refractivity contribution in [2.24, 2.45) is 0 Å². The summed E-state index contributed by atoms with van der Waals surface area (Å²) in [5.74, 6) is 0. The number of fused-ring (bicyclic) bond motifs is 1. The standard InChI is InChI=1S/C14H14Br2N2/c1-2-3-6-10(15)14(16)13-9-17-11-7-4-5-8-12(11)18-13/h4-5,7-9H,2-3,6H2,1H3/b14-10+. The van der Waals surface area contributed by atoms with E-state index in [1.54, 1.807) is 6.20 Å². The van der Waals surface area contributed by atoms with Crippen LogP contribution >= 0.6 is 31.9 Å². The highest BCUT2D eigenvalue weighted by Gasteiger charge is 2.07. The SMILES string of the molecule is CCCC/C(Br)=C(\Br)c1cnc2ccccc2n1. The van der Waals surface area contributed by atoms with Crippen molar-refractivity contribution in [3.8, 4) is 0 Å². The van der Waals surface area contributed by atoms with E-state index in [1.165, 1.54) is 6.42 Å². The van der Waals surface area contributed by atoms with E-state index in [1.807, 2.05) is 24.3 Å².